The average Bonchev–Trinajstić information content (AvgIpc) is 3.08. The van der Waals surface area contributed by atoms with Gasteiger partial charge in [0.1, 0.15) is 5.69 Å². The fourth-order valence-electron chi connectivity index (χ4n) is 4.78. The molecule has 1 saturated carbocycles. The molecule has 1 aromatic heterocycles. The first kappa shape index (κ1) is 24.8. The maximum absolute atomic E-state index is 13.5. The van der Waals surface area contributed by atoms with E-state index in [0.717, 1.165) is 23.6 Å². The molecule has 0 saturated heterocycles. The van der Waals surface area contributed by atoms with Gasteiger partial charge in [-0.15, -0.1) is 0 Å². The molecule has 0 bridgehead atoms. The highest BCUT2D eigenvalue weighted by atomic mass is 32.2. The van der Waals surface area contributed by atoms with Crippen LogP contribution in [-0.2, 0) is 17.1 Å². The molecule has 1 aliphatic rings. The quantitative estimate of drug-likeness (QED) is 0.564. The second-order valence-electron chi connectivity index (χ2n) is 9.25. The Morgan fingerprint density at radius 3 is 2.43 bits per heavy atom. The van der Waals surface area contributed by atoms with E-state index < -0.39 is 15.6 Å². The van der Waals surface area contributed by atoms with Crippen molar-refractivity contribution in [1.29, 1.82) is 0 Å². The summed E-state index contributed by atoms with van der Waals surface area (Å²) >= 11 is 0. The molecular formula is C26H32N4O4S. The Morgan fingerprint density at radius 2 is 1.74 bits per heavy atom. The van der Waals surface area contributed by atoms with Gasteiger partial charge in [0, 0.05) is 25.7 Å². The summed E-state index contributed by atoms with van der Waals surface area (Å²) in [5.41, 5.74) is 1.04. The number of amides is 1. The summed E-state index contributed by atoms with van der Waals surface area (Å²) in [6.07, 6.45) is 4.24. The lowest BCUT2D eigenvalue weighted by atomic mass is 9.86. The van der Waals surface area contributed by atoms with Gasteiger partial charge in [0.2, 0.25) is 0 Å². The lowest BCUT2D eigenvalue weighted by Crippen LogP contribution is -2.41. The molecule has 1 fully saturated rings. The topological polar surface area (TPSA) is 93.4 Å². The van der Waals surface area contributed by atoms with Crippen molar-refractivity contribution < 1.29 is 13.2 Å². The Bertz CT molecular complexity index is 1390. The third-order valence-corrected chi connectivity index (χ3v) is 8.77. The van der Waals surface area contributed by atoms with Crippen molar-refractivity contribution in [3.05, 3.63) is 76.2 Å². The molecule has 0 aliphatic heterocycles. The van der Waals surface area contributed by atoms with Gasteiger partial charge in [-0.25, -0.2) is 13.1 Å². The van der Waals surface area contributed by atoms with E-state index in [4.69, 9.17) is 0 Å². The summed E-state index contributed by atoms with van der Waals surface area (Å²) in [6.45, 7) is 3.84. The smallest absolute Gasteiger partial charge is 0.296 e. The maximum atomic E-state index is 13.5. The molecule has 4 rings (SSSR count). The lowest BCUT2D eigenvalue weighted by molar-refractivity contribution is 0.0910. The first-order valence-electron chi connectivity index (χ1n) is 11.9. The average molecular weight is 497 g/mol. The molecule has 35 heavy (non-hydrogen) atoms. The van der Waals surface area contributed by atoms with Gasteiger partial charge in [-0.2, -0.15) is 0 Å². The molecule has 186 valence electrons. The van der Waals surface area contributed by atoms with Gasteiger partial charge in [-0.3, -0.25) is 18.6 Å². The van der Waals surface area contributed by atoms with E-state index >= 15 is 0 Å². The number of para-hydroxylation sites is 1. The summed E-state index contributed by atoms with van der Waals surface area (Å²) in [4.78, 5) is 26.2. The first-order valence-corrected chi connectivity index (χ1v) is 13.3. The molecule has 2 aromatic carbocycles. The Morgan fingerprint density at radius 1 is 1.06 bits per heavy atom. The van der Waals surface area contributed by atoms with Crippen molar-refractivity contribution in [2.45, 2.75) is 50.5 Å². The fourth-order valence-corrected chi connectivity index (χ4v) is 6.07. The summed E-state index contributed by atoms with van der Waals surface area (Å²) in [5.74, 6) is 0.101. The van der Waals surface area contributed by atoms with Crippen LogP contribution in [0, 0.1) is 12.8 Å². The number of carbonyl (C=O) groups is 1. The molecule has 1 heterocycles. The first-order chi connectivity index (χ1) is 16.6. The van der Waals surface area contributed by atoms with Gasteiger partial charge in [-0.05, 0) is 56.0 Å². The number of aromatic nitrogens is 2. The second kappa shape index (κ2) is 9.73. The summed E-state index contributed by atoms with van der Waals surface area (Å²) in [5, 5.41) is 3.07. The number of nitrogens with one attached hydrogen (secondary N) is 1. The Kier molecular flexibility index (Phi) is 6.89. The number of sulfonamides is 1. The molecular weight excluding hydrogens is 464 g/mol. The third-order valence-electron chi connectivity index (χ3n) is 7.02. The van der Waals surface area contributed by atoms with Gasteiger partial charge in [0.25, 0.3) is 21.5 Å². The maximum Gasteiger partial charge on any atom is 0.296 e. The van der Waals surface area contributed by atoms with Crippen molar-refractivity contribution in [3.8, 4) is 5.69 Å². The van der Waals surface area contributed by atoms with Gasteiger partial charge >= 0.3 is 0 Å². The van der Waals surface area contributed by atoms with Crippen molar-refractivity contribution in [1.82, 2.24) is 14.7 Å². The summed E-state index contributed by atoms with van der Waals surface area (Å²) < 4.78 is 31.2. The zero-order chi connectivity index (χ0) is 25.3. The van der Waals surface area contributed by atoms with E-state index in [1.165, 1.54) is 30.3 Å². The van der Waals surface area contributed by atoms with Gasteiger partial charge < -0.3 is 5.32 Å². The molecule has 1 amide bonds. The number of hydrogen-bond acceptors (Lipinski definition) is 4. The third kappa shape index (κ3) is 4.65. The molecule has 8 nitrogen and oxygen atoms in total. The van der Waals surface area contributed by atoms with Crippen molar-refractivity contribution in [2.75, 3.05) is 11.4 Å². The molecule has 0 radical (unpaired) electrons. The number of benzene rings is 2. The van der Waals surface area contributed by atoms with E-state index in [2.05, 4.69) is 12.2 Å². The number of carbonyl (C=O) groups excluding carboxylic acids is 1. The fraction of sp³-hybridized carbons (Fsp3) is 0.385. The Hall–Kier alpha value is -3.33. The number of hydrogen-bond donors (Lipinski definition) is 1. The summed E-state index contributed by atoms with van der Waals surface area (Å²) in [7, 11) is -1.02. The number of anilines is 1. The zero-order valence-electron chi connectivity index (χ0n) is 20.6. The largest absolute Gasteiger partial charge is 0.349 e. The van der Waals surface area contributed by atoms with Crippen LogP contribution in [0.15, 0.2) is 64.3 Å². The van der Waals surface area contributed by atoms with E-state index in [0.29, 0.717) is 17.3 Å². The predicted octanol–water partition coefficient (Wildman–Crippen LogP) is 3.62. The van der Waals surface area contributed by atoms with Crippen LogP contribution >= 0.6 is 0 Å². The van der Waals surface area contributed by atoms with E-state index in [1.54, 1.807) is 42.9 Å². The highest BCUT2D eigenvalue weighted by Crippen LogP contribution is 2.26. The highest BCUT2D eigenvalue weighted by molar-refractivity contribution is 7.92. The van der Waals surface area contributed by atoms with E-state index in [9.17, 15) is 18.0 Å². The van der Waals surface area contributed by atoms with Crippen LogP contribution < -0.4 is 15.2 Å². The molecule has 3 aromatic rings. The van der Waals surface area contributed by atoms with Crippen LogP contribution in [0.4, 0.5) is 5.69 Å². The molecule has 2 atom stereocenters. The Balaban J connectivity index is 1.66. The standard InChI is InChI=1S/C26H32N4O4S/c1-18-11-8-9-16-23(18)27-25(31)20-12-10-15-22(17-20)35(33,34)29(4)24-19(2)28(3)30(26(24)32)21-13-6-5-7-14-21/h5-7,10,12-15,17-18,23H,8-9,11,16H2,1-4H3,(H,27,31). The monoisotopic (exact) mass is 496 g/mol. The Labute approximate surface area is 206 Å². The normalized spacial score (nSPS) is 18.3. The van der Waals surface area contributed by atoms with Crippen molar-refractivity contribution in [3.63, 3.8) is 0 Å². The molecule has 0 spiro atoms. The second-order valence-corrected chi connectivity index (χ2v) is 11.2. The van der Waals surface area contributed by atoms with Crippen LogP contribution in [0.3, 0.4) is 0 Å². The van der Waals surface area contributed by atoms with Crippen molar-refractivity contribution in [2.24, 2.45) is 13.0 Å². The zero-order valence-corrected chi connectivity index (χ0v) is 21.4. The highest BCUT2D eigenvalue weighted by Gasteiger charge is 2.30. The van der Waals surface area contributed by atoms with Crippen molar-refractivity contribution >= 4 is 21.6 Å². The van der Waals surface area contributed by atoms with Crippen LogP contribution in [0.5, 0.6) is 0 Å². The SMILES string of the molecule is Cc1c(N(C)S(=O)(=O)c2cccc(C(=O)NC3CCCCC3C)c2)c(=O)n(-c2ccccc2)n1C. The number of rotatable bonds is 6. The van der Waals surface area contributed by atoms with Gasteiger partial charge in [0.15, 0.2) is 0 Å². The molecule has 1 N–H and O–H groups in total. The summed E-state index contributed by atoms with van der Waals surface area (Å²) in [6, 6.07) is 15.1. The van der Waals surface area contributed by atoms with Crippen LogP contribution in [-0.4, -0.2) is 36.8 Å². The van der Waals surface area contributed by atoms with Crippen LogP contribution in [0.2, 0.25) is 0 Å². The predicted molar refractivity (Wildman–Crippen MR) is 137 cm³/mol. The van der Waals surface area contributed by atoms with Crippen LogP contribution in [0.1, 0.15) is 48.7 Å². The van der Waals surface area contributed by atoms with Gasteiger partial charge in [-0.1, -0.05) is 44.0 Å². The molecule has 2 unspecified atom stereocenters. The van der Waals surface area contributed by atoms with E-state index in [-0.39, 0.29) is 28.1 Å². The molecule has 9 heteroatoms. The molecule has 1 aliphatic carbocycles. The van der Waals surface area contributed by atoms with Gasteiger partial charge in [0.05, 0.1) is 16.3 Å². The lowest BCUT2D eigenvalue weighted by Gasteiger charge is -2.29. The number of nitrogens with zero attached hydrogens (tertiary/aromatic N) is 3. The minimum atomic E-state index is -4.10. The minimum absolute atomic E-state index is 0.0433. The van der Waals surface area contributed by atoms with Crippen LogP contribution in [0.25, 0.3) is 5.69 Å². The van der Waals surface area contributed by atoms with E-state index in [1.807, 2.05) is 18.2 Å². The minimum Gasteiger partial charge on any atom is -0.349 e.